The molecule has 108 valence electrons. The van der Waals surface area contributed by atoms with E-state index in [0.29, 0.717) is 32.5 Å². The molecule has 0 spiro atoms. The van der Waals surface area contributed by atoms with E-state index in [4.69, 9.17) is 5.73 Å². The fourth-order valence-electron chi connectivity index (χ4n) is 1.39. The molecule has 0 heterocycles. The molecule has 0 saturated heterocycles. The first-order chi connectivity index (χ1) is 8.39. The van der Waals surface area contributed by atoms with Crippen molar-refractivity contribution < 1.29 is 13.2 Å². The quantitative estimate of drug-likeness (QED) is 0.564. The van der Waals surface area contributed by atoms with E-state index in [1.807, 2.05) is 6.92 Å². The third-order valence-corrected chi connectivity index (χ3v) is 4.40. The van der Waals surface area contributed by atoms with Gasteiger partial charge in [-0.05, 0) is 19.4 Å². The Bertz CT molecular complexity index is 345. The molecule has 3 N–H and O–H groups in total. The first-order valence-electron chi connectivity index (χ1n) is 6.02. The largest absolute Gasteiger partial charge is 0.358 e. The van der Waals surface area contributed by atoms with Gasteiger partial charge < -0.3 is 11.1 Å². The van der Waals surface area contributed by atoms with E-state index in [1.54, 1.807) is 0 Å². The predicted octanol–water partition coefficient (Wildman–Crippen LogP) is -1.03. The molecule has 0 aromatic heterocycles. The molecule has 0 aliphatic heterocycles. The Kier molecular flexibility index (Phi) is 8.08. The molecule has 0 aliphatic rings. The topological polar surface area (TPSA) is 95.7 Å². The third-order valence-electron chi connectivity index (χ3n) is 2.47. The fourth-order valence-corrected chi connectivity index (χ4v) is 2.84. The maximum Gasteiger partial charge on any atom is 0.282 e. The monoisotopic (exact) mass is 280 g/mol. The number of hydrogen-bond donors (Lipinski definition) is 2. The van der Waals surface area contributed by atoms with Gasteiger partial charge in [0, 0.05) is 27.2 Å². The molecule has 0 aliphatic carbocycles. The van der Waals surface area contributed by atoms with Crippen molar-refractivity contribution in [3.8, 4) is 0 Å². The van der Waals surface area contributed by atoms with Gasteiger partial charge in [-0.2, -0.15) is 17.0 Å². The smallest absolute Gasteiger partial charge is 0.282 e. The van der Waals surface area contributed by atoms with Crippen LogP contribution in [-0.2, 0) is 15.0 Å². The Balaban J connectivity index is 4.79. The van der Waals surface area contributed by atoms with E-state index < -0.39 is 10.2 Å². The molecule has 7 nitrogen and oxygen atoms in total. The molecule has 0 aromatic carbocycles. The van der Waals surface area contributed by atoms with Crippen molar-refractivity contribution >= 4 is 16.1 Å². The summed E-state index contributed by atoms with van der Waals surface area (Å²) in [5.41, 5.74) is 5.36. The molecule has 0 radical (unpaired) electrons. The molecule has 0 bridgehead atoms. The summed E-state index contributed by atoms with van der Waals surface area (Å²) in [7, 11) is -0.609. The van der Waals surface area contributed by atoms with Crippen LogP contribution < -0.4 is 11.1 Å². The van der Waals surface area contributed by atoms with Gasteiger partial charge in [0.1, 0.15) is 0 Å². The van der Waals surface area contributed by atoms with Gasteiger partial charge in [0.15, 0.2) is 0 Å². The lowest BCUT2D eigenvalue weighted by molar-refractivity contribution is -0.120. The van der Waals surface area contributed by atoms with Crippen molar-refractivity contribution in [2.24, 2.45) is 5.73 Å². The Morgan fingerprint density at radius 1 is 1.33 bits per heavy atom. The Labute approximate surface area is 109 Å². The summed E-state index contributed by atoms with van der Waals surface area (Å²) in [4.78, 5) is 11.3. The van der Waals surface area contributed by atoms with Gasteiger partial charge in [0.2, 0.25) is 5.91 Å². The van der Waals surface area contributed by atoms with Crippen molar-refractivity contribution in [3.63, 3.8) is 0 Å². The van der Waals surface area contributed by atoms with Crippen LogP contribution in [0.4, 0.5) is 0 Å². The van der Waals surface area contributed by atoms with Gasteiger partial charge in [-0.3, -0.25) is 4.79 Å². The van der Waals surface area contributed by atoms with Crippen molar-refractivity contribution in [2.75, 3.05) is 40.3 Å². The SMILES string of the molecule is CCCN(CC(=O)NC)S(=O)(=O)N(C)CCCN. The molecule has 0 unspecified atom stereocenters. The zero-order valence-electron chi connectivity index (χ0n) is 11.3. The lowest BCUT2D eigenvalue weighted by atomic mass is 10.4. The van der Waals surface area contributed by atoms with E-state index in [0.717, 1.165) is 0 Å². The second kappa shape index (κ2) is 8.41. The zero-order chi connectivity index (χ0) is 14.2. The lowest BCUT2D eigenvalue weighted by Crippen LogP contribution is -2.46. The normalized spacial score (nSPS) is 12.1. The van der Waals surface area contributed by atoms with Crippen molar-refractivity contribution in [2.45, 2.75) is 19.8 Å². The van der Waals surface area contributed by atoms with Crippen LogP contribution in [0.1, 0.15) is 19.8 Å². The van der Waals surface area contributed by atoms with Crippen molar-refractivity contribution in [3.05, 3.63) is 0 Å². The Hall–Kier alpha value is -0.700. The summed E-state index contributed by atoms with van der Waals surface area (Å²) in [6, 6.07) is 0. The number of nitrogens with one attached hydrogen (secondary N) is 1. The molecule has 0 fully saturated rings. The van der Waals surface area contributed by atoms with E-state index in [2.05, 4.69) is 5.32 Å². The van der Waals surface area contributed by atoms with Gasteiger partial charge in [-0.1, -0.05) is 6.92 Å². The van der Waals surface area contributed by atoms with Gasteiger partial charge >= 0.3 is 0 Å². The highest BCUT2D eigenvalue weighted by molar-refractivity contribution is 7.86. The molecule has 18 heavy (non-hydrogen) atoms. The fraction of sp³-hybridized carbons (Fsp3) is 0.900. The average molecular weight is 280 g/mol. The average Bonchev–Trinajstić information content (AvgIpc) is 2.34. The number of carbonyl (C=O) groups excluding carboxylic acids is 1. The van der Waals surface area contributed by atoms with Crippen LogP contribution in [0.2, 0.25) is 0 Å². The summed E-state index contributed by atoms with van der Waals surface area (Å²) >= 11 is 0. The van der Waals surface area contributed by atoms with Crippen LogP contribution >= 0.6 is 0 Å². The van der Waals surface area contributed by atoms with Gasteiger partial charge in [-0.15, -0.1) is 0 Å². The van der Waals surface area contributed by atoms with Gasteiger partial charge in [0.05, 0.1) is 6.54 Å². The highest BCUT2D eigenvalue weighted by Crippen LogP contribution is 2.07. The van der Waals surface area contributed by atoms with E-state index in [9.17, 15) is 13.2 Å². The number of hydrogen-bond acceptors (Lipinski definition) is 4. The highest BCUT2D eigenvalue weighted by atomic mass is 32.2. The number of rotatable bonds is 9. The summed E-state index contributed by atoms with van der Waals surface area (Å²) in [5.74, 6) is -0.320. The van der Waals surface area contributed by atoms with Crippen LogP contribution in [0.25, 0.3) is 0 Å². The summed E-state index contributed by atoms with van der Waals surface area (Å²) in [6.45, 7) is 2.82. The highest BCUT2D eigenvalue weighted by Gasteiger charge is 2.27. The predicted molar refractivity (Wildman–Crippen MR) is 71.2 cm³/mol. The maximum atomic E-state index is 12.2. The Morgan fingerprint density at radius 3 is 2.39 bits per heavy atom. The summed E-state index contributed by atoms with van der Waals surface area (Å²) in [6.07, 6.45) is 1.25. The minimum absolute atomic E-state index is 0.153. The molecular formula is C10H24N4O3S. The minimum atomic E-state index is -3.59. The number of nitrogens with two attached hydrogens (primary N) is 1. The number of nitrogens with zero attached hydrogens (tertiary/aromatic N) is 2. The van der Waals surface area contributed by atoms with Crippen LogP contribution in [0.15, 0.2) is 0 Å². The number of likely N-dealkylation sites (N-methyl/N-ethyl adjacent to an activating group) is 1. The first-order valence-corrected chi connectivity index (χ1v) is 7.41. The van der Waals surface area contributed by atoms with Crippen LogP contribution in [0.5, 0.6) is 0 Å². The van der Waals surface area contributed by atoms with Crippen molar-refractivity contribution in [1.82, 2.24) is 13.9 Å². The van der Waals surface area contributed by atoms with Gasteiger partial charge in [-0.25, -0.2) is 0 Å². The first kappa shape index (κ1) is 17.3. The molecule has 1 amide bonds. The van der Waals surface area contributed by atoms with Gasteiger partial charge in [0.25, 0.3) is 10.2 Å². The number of carbonyl (C=O) groups is 1. The standard InChI is InChI=1S/C10H24N4O3S/c1-4-7-14(9-10(15)12-2)18(16,17)13(3)8-5-6-11/h4-9,11H2,1-3H3,(H,12,15). The van der Waals surface area contributed by atoms with Crippen LogP contribution in [0, 0.1) is 0 Å². The summed E-state index contributed by atoms with van der Waals surface area (Å²) in [5, 5.41) is 2.42. The molecule has 0 rings (SSSR count). The molecule has 0 saturated carbocycles. The Morgan fingerprint density at radius 2 is 1.94 bits per heavy atom. The molecular weight excluding hydrogens is 256 g/mol. The van der Waals surface area contributed by atoms with E-state index in [-0.39, 0.29) is 12.5 Å². The molecule has 0 atom stereocenters. The van der Waals surface area contributed by atoms with Crippen LogP contribution in [0.3, 0.4) is 0 Å². The third kappa shape index (κ3) is 5.30. The number of amides is 1. The minimum Gasteiger partial charge on any atom is -0.358 e. The molecule has 0 aromatic rings. The van der Waals surface area contributed by atoms with Crippen LogP contribution in [-0.4, -0.2) is 63.2 Å². The van der Waals surface area contributed by atoms with E-state index >= 15 is 0 Å². The summed E-state index contributed by atoms with van der Waals surface area (Å²) < 4.78 is 26.8. The second-order valence-corrected chi connectivity index (χ2v) is 6.01. The zero-order valence-corrected chi connectivity index (χ0v) is 12.2. The molecule has 8 heteroatoms. The maximum absolute atomic E-state index is 12.2. The second-order valence-electron chi connectivity index (χ2n) is 3.98. The van der Waals surface area contributed by atoms with Crippen molar-refractivity contribution in [1.29, 1.82) is 0 Å². The van der Waals surface area contributed by atoms with E-state index in [1.165, 1.54) is 22.7 Å². The lowest BCUT2D eigenvalue weighted by Gasteiger charge is -2.26.